The average molecular weight is 447 g/mol. The predicted octanol–water partition coefficient (Wildman–Crippen LogP) is 4.77. The van der Waals surface area contributed by atoms with Crippen molar-refractivity contribution in [3.63, 3.8) is 0 Å². The third-order valence-electron chi connectivity index (χ3n) is 5.89. The van der Waals surface area contributed by atoms with Crippen LogP contribution >= 0.6 is 11.5 Å². The van der Waals surface area contributed by atoms with Crippen LogP contribution in [0.1, 0.15) is 28.7 Å². The molecule has 0 aliphatic carbocycles. The van der Waals surface area contributed by atoms with E-state index in [9.17, 15) is 9.18 Å². The van der Waals surface area contributed by atoms with E-state index in [1.165, 1.54) is 23.7 Å². The first-order valence-electron chi connectivity index (χ1n) is 10.7. The van der Waals surface area contributed by atoms with Crippen molar-refractivity contribution < 1.29 is 9.18 Å². The van der Waals surface area contributed by atoms with E-state index in [0.29, 0.717) is 19.5 Å². The van der Waals surface area contributed by atoms with Crippen LogP contribution in [0.15, 0.2) is 66.7 Å². The third kappa shape index (κ3) is 4.21. The molecule has 1 fully saturated rings. The van der Waals surface area contributed by atoms with Crippen LogP contribution in [0, 0.1) is 5.82 Å². The molecule has 5 rings (SSSR count). The summed E-state index contributed by atoms with van der Waals surface area (Å²) < 4.78 is 17.6. The van der Waals surface area contributed by atoms with Gasteiger partial charge in [0, 0.05) is 49.2 Å². The zero-order chi connectivity index (χ0) is 22.1. The van der Waals surface area contributed by atoms with Crippen LogP contribution in [0.2, 0.25) is 0 Å². The molecule has 1 unspecified atom stereocenters. The number of nitrogens with zero attached hydrogens (tertiary/aromatic N) is 4. The summed E-state index contributed by atoms with van der Waals surface area (Å²) in [5.74, 6) is 0.557. The van der Waals surface area contributed by atoms with Gasteiger partial charge in [-0.05, 0) is 47.5 Å². The second kappa shape index (κ2) is 8.67. The molecule has 1 amide bonds. The van der Waals surface area contributed by atoms with Crippen molar-refractivity contribution in [2.45, 2.75) is 19.4 Å². The van der Waals surface area contributed by atoms with E-state index in [1.54, 1.807) is 12.1 Å². The number of amides is 1. The highest BCUT2D eigenvalue weighted by Gasteiger charge is 2.29. The van der Waals surface area contributed by atoms with Crippen LogP contribution in [0.3, 0.4) is 0 Å². The summed E-state index contributed by atoms with van der Waals surface area (Å²) in [5.41, 5.74) is 1.71. The maximum Gasteiger partial charge on any atom is 0.254 e. The lowest BCUT2D eigenvalue weighted by Gasteiger charge is -2.39. The topological polar surface area (TPSA) is 49.3 Å². The van der Waals surface area contributed by atoms with E-state index >= 15 is 0 Å². The van der Waals surface area contributed by atoms with Crippen LogP contribution in [0.5, 0.6) is 0 Å². The highest BCUT2D eigenvalue weighted by atomic mass is 32.1. The lowest BCUT2D eigenvalue weighted by molar-refractivity contribution is 0.0674. The summed E-state index contributed by atoms with van der Waals surface area (Å²) in [6.45, 7) is 4.14. The van der Waals surface area contributed by atoms with E-state index in [-0.39, 0.29) is 17.8 Å². The molecule has 7 heteroatoms. The Bertz CT molecular complexity index is 1260. The maximum atomic E-state index is 13.2. The predicted molar refractivity (Wildman–Crippen MR) is 126 cm³/mol. The Morgan fingerprint density at radius 2 is 1.84 bits per heavy atom. The molecule has 32 heavy (non-hydrogen) atoms. The molecule has 162 valence electrons. The Morgan fingerprint density at radius 3 is 2.62 bits per heavy atom. The first-order chi connectivity index (χ1) is 15.6. The van der Waals surface area contributed by atoms with Crippen molar-refractivity contribution in [2.75, 3.05) is 24.5 Å². The molecule has 0 spiro atoms. The van der Waals surface area contributed by atoms with Crippen molar-refractivity contribution in [2.24, 2.45) is 0 Å². The van der Waals surface area contributed by atoms with Crippen molar-refractivity contribution in [1.82, 2.24) is 14.3 Å². The highest BCUT2D eigenvalue weighted by molar-refractivity contribution is 7.09. The number of aromatic nitrogens is 2. The second-order valence-corrected chi connectivity index (χ2v) is 8.88. The van der Waals surface area contributed by atoms with Gasteiger partial charge in [-0.1, -0.05) is 42.5 Å². The van der Waals surface area contributed by atoms with Gasteiger partial charge in [0.2, 0.25) is 5.13 Å². The maximum absolute atomic E-state index is 13.2. The number of carbonyl (C=O) groups is 1. The molecule has 1 aromatic heterocycles. The third-order valence-corrected chi connectivity index (χ3v) is 6.70. The summed E-state index contributed by atoms with van der Waals surface area (Å²) >= 11 is 1.38. The fourth-order valence-electron chi connectivity index (χ4n) is 4.15. The number of benzene rings is 3. The minimum Gasteiger partial charge on any atom is -0.343 e. The van der Waals surface area contributed by atoms with Crippen molar-refractivity contribution in [3.8, 4) is 0 Å². The van der Waals surface area contributed by atoms with Crippen LogP contribution in [0.25, 0.3) is 10.8 Å². The number of hydrogen-bond donors (Lipinski definition) is 0. The minimum absolute atomic E-state index is 0.0622. The van der Waals surface area contributed by atoms with E-state index in [0.717, 1.165) is 39.4 Å². The molecule has 1 saturated heterocycles. The first-order valence-corrected chi connectivity index (χ1v) is 11.5. The summed E-state index contributed by atoms with van der Waals surface area (Å²) in [6, 6.07) is 20.5. The van der Waals surface area contributed by atoms with Crippen molar-refractivity contribution in [3.05, 3.63) is 89.5 Å². The smallest absolute Gasteiger partial charge is 0.254 e. The molecule has 2 heterocycles. The molecular weight excluding hydrogens is 423 g/mol. The molecule has 0 saturated carbocycles. The molecular formula is C25H23FN4OS. The molecule has 4 aromatic rings. The Hall–Kier alpha value is -3.32. The SMILES string of the molecule is CC1CN(c2nc(Cc3ccc(F)cc3)ns2)CCN1C(=O)c1ccc2ccccc2c1. The van der Waals surface area contributed by atoms with E-state index in [4.69, 9.17) is 0 Å². The molecule has 0 N–H and O–H groups in total. The quantitative estimate of drug-likeness (QED) is 0.453. The van der Waals surface area contributed by atoms with Gasteiger partial charge in [0.25, 0.3) is 5.91 Å². The standard InChI is InChI=1S/C25H23FN4OS/c1-17-16-29(25-27-23(28-32-25)14-18-6-10-22(26)11-7-18)12-13-30(17)24(31)21-9-8-19-4-2-3-5-20(19)15-21/h2-11,15,17H,12-14,16H2,1H3. The summed E-state index contributed by atoms with van der Waals surface area (Å²) in [6.07, 6.45) is 0.576. The lowest BCUT2D eigenvalue weighted by Crippen LogP contribution is -2.54. The normalized spacial score (nSPS) is 16.5. The van der Waals surface area contributed by atoms with Crippen LogP contribution < -0.4 is 4.90 Å². The number of carbonyl (C=O) groups excluding carboxylic acids is 1. The zero-order valence-electron chi connectivity index (χ0n) is 17.7. The number of hydrogen-bond acceptors (Lipinski definition) is 5. The van der Waals surface area contributed by atoms with Gasteiger partial charge in [-0.2, -0.15) is 4.37 Å². The molecule has 0 bridgehead atoms. The Labute approximate surface area is 190 Å². The van der Waals surface area contributed by atoms with Gasteiger partial charge in [-0.25, -0.2) is 9.37 Å². The van der Waals surface area contributed by atoms with Gasteiger partial charge >= 0.3 is 0 Å². The average Bonchev–Trinajstić information content (AvgIpc) is 3.28. The number of fused-ring (bicyclic) bond motifs is 1. The van der Waals surface area contributed by atoms with E-state index in [2.05, 4.69) is 27.2 Å². The largest absolute Gasteiger partial charge is 0.343 e. The fourth-order valence-corrected chi connectivity index (χ4v) is 4.87. The molecule has 5 nitrogen and oxygen atoms in total. The molecule has 1 aliphatic heterocycles. The highest BCUT2D eigenvalue weighted by Crippen LogP contribution is 2.24. The molecule has 1 aliphatic rings. The van der Waals surface area contributed by atoms with Gasteiger partial charge in [0.15, 0.2) is 0 Å². The number of halogens is 1. The van der Waals surface area contributed by atoms with Gasteiger partial charge < -0.3 is 9.80 Å². The van der Waals surface area contributed by atoms with Gasteiger partial charge in [0.1, 0.15) is 11.6 Å². The van der Waals surface area contributed by atoms with Crippen molar-refractivity contribution >= 4 is 33.3 Å². The molecule has 0 radical (unpaired) electrons. The summed E-state index contributed by atoms with van der Waals surface area (Å²) in [7, 11) is 0. The number of piperazine rings is 1. The Kier molecular flexibility index (Phi) is 5.57. The Balaban J connectivity index is 1.25. The molecule has 1 atom stereocenters. The number of anilines is 1. The fraction of sp³-hybridized carbons (Fsp3) is 0.240. The number of rotatable bonds is 4. The van der Waals surface area contributed by atoms with E-state index < -0.39 is 0 Å². The Morgan fingerprint density at radius 1 is 1.06 bits per heavy atom. The zero-order valence-corrected chi connectivity index (χ0v) is 18.6. The second-order valence-electron chi connectivity index (χ2n) is 8.15. The summed E-state index contributed by atoms with van der Waals surface area (Å²) in [5, 5.41) is 3.08. The van der Waals surface area contributed by atoms with Crippen LogP contribution in [0.4, 0.5) is 9.52 Å². The van der Waals surface area contributed by atoms with E-state index in [1.807, 2.05) is 41.3 Å². The van der Waals surface area contributed by atoms with Crippen molar-refractivity contribution in [1.29, 1.82) is 0 Å². The van der Waals surface area contributed by atoms with Gasteiger partial charge in [-0.15, -0.1) is 0 Å². The monoisotopic (exact) mass is 446 g/mol. The minimum atomic E-state index is -0.245. The first kappa shape index (κ1) is 20.6. The van der Waals surface area contributed by atoms with Crippen LogP contribution in [-0.4, -0.2) is 45.8 Å². The lowest BCUT2D eigenvalue weighted by atomic mass is 10.0. The van der Waals surface area contributed by atoms with Gasteiger partial charge in [-0.3, -0.25) is 4.79 Å². The molecule has 3 aromatic carbocycles. The summed E-state index contributed by atoms with van der Waals surface area (Å²) in [4.78, 5) is 22.0. The van der Waals surface area contributed by atoms with Crippen LogP contribution in [-0.2, 0) is 6.42 Å². The van der Waals surface area contributed by atoms with Gasteiger partial charge in [0.05, 0.1) is 0 Å².